The molecule has 19 heavy (non-hydrogen) atoms. The molecular formula is C14H23N3OS. The molecule has 1 aliphatic heterocycles. The van der Waals surface area contributed by atoms with Crippen molar-refractivity contribution in [1.29, 1.82) is 0 Å². The summed E-state index contributed by atoms with van der Waals surface area (Å²) in [5.41, 5.74) is 6.63. The van der Waals surface area contributed by atoms with Crippen LogP contribution in [0.3, 0.4) is 0 Å². The van der Waals surface area contributed by atoms with E-state index >= 15 is 0 Å². The van der Waals surface area contributed by atoms with Crippen LogP contribution >= 0.6 is 11.3 Å². The van der Waals surface area contributed by atoms with Crippen molar-refractivity contribution in [1.82, 2.24) is 4.90 Å². The molecule has 1 fully saturated rings. The molecule has 1 saturated heterocycles. The van der Waals surface area contributed by atoms with Crippen LogP contribution in [0.1, 0.15) is 30.4 Å². The molecule has 0 amide bonds. The summed E-state index contributed by atoms with van der Waals surface area (Å²) < 4.78 is 0. The Morgan fingerprint density at radius 3 is 2.53 bits per heavy atom. The first-order valence-electron chi connectivity index (χ1n) is 6.93. The Morgan fingerprint density at radius 1 is 1.37 bits per heavy atom. The Morgan fingerprint density at radius 2 is 2.00 bits per heavy atom. The Kier molecular flexibility index (Phi) is 4.47. The normalized spacial score (nSPS) is 17.2. The number of ketones is 1. The van der Waals surface area contributed by atoms with E-state index in [9.17, 15) is 4.79 Å². The second-order valence-corrected chi connectivity index (χ2v) is 6.34. The molecule has 0 atom stereocenters. The number of nitrogens with zero attached hydrogens (tertiary/aromatic N) is 2. The van der Waals surface area contributed by atoms with Crippen LogP contribution in [0.25, 0.3) is 0 Å². The largest absolute Gasteiger partial charge is 0.397 e. The van der Waals surface area contributed by atoms with Gasteiger partial charge in [0.2, 0.25) is 0 Å². The smallest absolute Gasteiger partial charge is 0.177 e. The first-order valence-corrected chi connectivity index (χ1v) is 7.75. The van der Waals surface area contributed by atoms with E-state index in [4.69, 9.17) is 5.73 Å². The molecule has 2 N–H and O–H groups in total. The number of carbonyl (C=O) groups excluding carboxylic acids is 1. The predicted molar refractivity (Wildman–Crippen MR) is 82.2 cm³/mol. The molecule has 5 heteroatoms. The molecule has 0 spiro atoms. The third-order valence-electron chi connectivity index (χ3n) is 3.63. The Balaban J connectivity index is 2.10. The van der Waals surface area contributed by atoms with Crippen molar-refractivity contribution >= 4 is 27.8 Å². The number of carbonyl (C=O) groups is 1. The number of piperazine rings is 1. The molecule has 0 aromatic carbocycles. The first-order chi connectivity index (χ1) is 9.02. The molecule has 0 bridgehead atoms. The van der Waals surface area contributed by atoms with E-state index in [2.05, 4.69) is 16.7 Å². The van der Waals surface area contributed by atoms with Gasteiger partial charge in [-0.05, 0) is 12.6 Å². The molecule has 1 aromatic rings. The van der Waals surface area contributed by atoms with Gasteiger partial charge in [0, 0.05) is 32.1 Å². The summed E-state index contributed by atoms with van der Waals surface area (Å²) >= 11 is 1.54. The average Bonchev–Trinajstić information content (AvgIpc) is 2.80. The summed E-state index contributed by atoms with van der Waals surface area (Å²) in [6, 6.07) is 1.96. The van der Waals surface area contributed by atoms with Gasteiger partial charge in [-0.3, -0.25) is 4.79 Å². The third kappa shape index (κ3) is 3.09. The van der Waals surface area contributed by atoms with Gasteiger partial charge in [-0.15, -0.1) is 11.3 Å². The van der Waals surface area contributed by atoms with Gasteiger partial charge < -0.3 is 15.5 Å². The number of Topliss-reactive ketones (excluding diaryl/α,β-unsaturated/α-hetero) is 1. The van der Waals surface area contributed by atoms with Crippen molar-refractivity contribution in [2.45, 2.75) is 20.8 Å². The van der Waals surface area contributed by atoms with Gasteiger partial charge >= 0.3 is 0 Å². The summed E-state index contributed by atoms with van der Waals surface area (Å²) in [4.78, 5) is 17.6. The van der Waals surface area contributed by atoms with E-state index in [1.165, 1.54) is 0 Å². The zero-order valence-electron chi connectivity index (χ0n) is 12.0. The maximum Gasteiger partial charge on any atom is 0.177 e. The molecule has 0 saturated carbocycles. The maximum atomic E-state index is 12.1. The average molecular weight is 281 g/mol. The van der Waals surface area contributed by atoms with Crippen LogP contribution in [-0.2, 0) is 0 Å². The lowest BCUT2D eigenvalue weighted by atomic mass is 10.1. The monoisotopic (exact) mass is 281 g/mol. The zero-order valence-corrected chi connectivity index (χ0v) is 12.8. The van der Waals surface area contributed by atoms with E-state index in [-0.39, 0.29) is 11.7 Å². The van der Waals surface area contributed by atoms with Gasteiger partial charge in [-0.25, -0.2) is 0 Å². The quantitative estimate of drug-likeness (QED) is 0.861. The van der Waals surface area contributed by atoms with Crippen LogP contribution in [-0.4, -0.2) is 43.4 Å². The third-order valence-corrected chi connectivity index (χ3v) is 4.85. The summed E-state index contributed by atoms with van der Waals surface area (Å²) in [6.45, 7) is 11.3. The van der Waals surface area contributed by atoms with E-state index in [0.29, 0.717) is 5.69 Å². The maximum absolute atomic E-state index is 12.1. The summed E-state index contributed by atoms with van der Waals surface area (Å²) in [5.74, 6) is 0.159. The number of rotatable bonds is 4. The predicted octanol–water partition coefficient (Wildman–Crippen LogP) is 2.31. The lowest BCUT2D eigenvalue weighted by Gasteiger charge is -2.34. The standard InChI is InChI=1S/C14H23N3OS/c1-4-16-5-7-17(8-6-16)12-9-11(15)14(19-12)13(18)10(2)3/h9-10H,4-8,15H2,1-3H3. The highest BCUT2D eigenvalue weighted by atomic mass is 32.1. The first kappa shape index (κ1) is 14.3. The van der Waals surface area contributed by atoms with E-state index in [0.717, 1.165) is 42.6 Å². The molecule has 2 heterocycles. The molecule has 0 unspecified atom stereocenters. The lowest BCUT2D eigenvalue weighted by molar-refractivity contribution is 0.0944. The molecule has 0 aliphatic carbocycles. The topological polar surface area (TPSA) is 49.6 Å². The zero-order chi connectivity index (χ0) is 14.0. The SMILES string of the molecule is CCN1CCN(c2cc(N)c(C(=O)C(C)C)s2)CC1. The van der Waals surface area contributed by atoms with E-state index < -0.39 is 0 Å². The molecular weight excluding hydrogens is 258 g/mol. The van der Waals surface area contributed by atoms with Crippen LogP contribution in [0.2, 0.25) is 0 Å². The van der Waals surface area contributed by atoms with Gasteiger partial charge in [-0.2, -0.15) is 0 Å². The van der Waals surface area contributed by atoms with Gasteiger partial charge in [0.1, 0.15) is 0 Å². The number of nitrogens with two attached hydrogens (primary N) is 1. The summed E-state index contributed by atoms with van der Waals surface area (Å²) in [5, 5.41) is 1.14. The van der Waals surface area contributed by atoms with Crippen LogP contribution in [0.4, 0.5) is 10.7 Å². The summed E-state index contributed by atoms with van der Waals surface area (Å²) in [6.07, 6.45) is 0. The van der Waals surface area contributed by atoms with Crippen LogP contribution in [0.5, 0.6) is 0 Å². The molecule has 0 radical (unpaired) electrons. The second-order valence-electron chi connectivity index (χ2n) is 5.31. The van der Waals surface area contributed by atoms with Crippen LogP contribution in [0.15, 0.2) is 6.07 Å². The van der Waals surface area contributed by atoms with E-state index in [1.807, 2.05) is 19.9 Å². The molecule has 4 nitrogen and oxygen atoms in total. The van der Waals surface area contributed by atoms with Crippen molar-refractivity contribution in [3.8, 4) is 0 Å². The molecule has 2 rings (SSSR count). The van der Waals surface area contributed by atoms with Gasteiger partial charge in [-0.1, -0.05) is 20.8 Å². The highest BCUT2D eigenvalue weighted by Crippen LogP contribution is 2.34. The van der Waals surface area contributed by atoms with Crippen molar-refractivity contribution in [2.75, 3.05) is 43.4 Å². The number of hydrogen-bond donors (Lipinski definition) is 1. The van der Waals surface area contributed by atoms with Gasteiger partial charge in [0.25, 0.3) is 0 Å². The fraction of sp³-hybridized carbons (Fsp3) is 0.643. The highest BCUT2D eigenvalue weighted by Gasteiger charge is 2.22. The Hall–Kier alpha value is -1.07. The summed E-state index contributed by atoms with van der Waals surface area (Å²) in [7, 11) is 0. The van der Waals surface area contributed by atoms with Crippen molar-refractivity contribution in [2.24, 2.45) is 5.92 Å². The van der Waals surface area contributed by atoms with Crippen molar-refractivity contribution < 1.29 is 4.79 Å². The fourth-order valence-corrected chi connectivity index (χ4v) is 3.51. The number of anilines is 2. The van der Waals surface area contributed by atoms with Gasteiger partial charge in [0.05, 0.1) is 15.6 Å². The highest BCUT2D eigenvalue weighted by molar-refractivity contribution is 7.18. The van der Waals surface area contributed by atoms with E-state index in [1.54, 1.807) is 11.3 Å². The van der Waals surface area contributed by atoms with Crippen LogP contribution in [0, 0.1) is 5.92 Å². The van der Waals surface area contributed by atoms with Gasteiger partial charge in [0.15, 0.2) is 5.78 Å². The number of nitrogen functional groups attached to an aromatic ring is 1. The van der Waals surface area contributed by atoms with Crippen molar-refractivity contribution in [3.05, 3.63) is 10.9 Å². The number of thiophene rings is 1. The molecule has 1 aliphatic rings. The fourth-order valence-electron chi connectivity index (χ4n) is 2.29. The lowest BCUT2D eigenvalue weighted by Crippen LogP contribution is -2.45. The number of likely N-dealkylation sites (N-methyl/N-ethyl adjacent to an activating group) is 1. The Bertz CT molecular complexity index is 448. The molecule has 1 aromatic heterocycles. The van der Waals surface area contributed by atoms with Crippen molar-refractivity contribution in [3.63, 3.8) is 0 Å². The Labute approximate surface area is 119 Å². The minimum absolute atomic E-state index is 0.00531. The van der Waals surface area contributed by atoms with Crippen LogP contribution < -0.4 is 10.6 Å². The minimum atomic E-state index is 0.00531. The second kappa shape index (κ2) is 5.92. The number of hydrogen-bond acceptors (Lipinski definition) is 5. The molecule has 106 valence electrons. The minimum Gasteiger partial charge on any atom is -0.397 e.